The van der Waals surface area contributed by atoms with Gasteiger partial charge in [0.15, 0.2) is 0 Å². The minimum Gasteiger partial charge on any atom is -0.364 e. The van der Waals surface area contributed by atoms with E-state index in [-0.39, 0.29) is 11.9 Å². The third kappa shape index (κ3) is 4.48. The molecule has 2 aliphatic heterocycles. The second kappa shape index (κ2) is 8.40. The van der Waals surface area contributed by atoms with E-state index in [0.717, 1.165) is 17.6 Å². The van der Waals surface area contributed by atoms with Crippen molar-refractivity contribution in [1.82, 2.24) is 10.3 Å². The molecular formula is C23H27F3N4O. The van der Waals surface area contributed by atoms with E-state index in [4.69, 9.17) is 0 Å². The predicted molar refractivity (Wildman–Crippen MR) is 114 cm³/mol. The number of fused-ring (bicyclic) bond motifs is 3. The molecule has 4 rings (SSSR count). The van der Waals surface area contributed by atoms with Crippen LogP contribution >= 0.6 is 0 Å². The van der Waals surface area contributed by atoms with Crippen LogP contribution in [0.4, 0.5) is 24.7 Å². The van der Waals surface area contributed by atoms with Gasteiger partial charge in [-0.05, 0) is 48.2 Å². The SMILES string of the molecule is CC(C)CNC(=O)C1Cc2cc(C(F)(F)F)ccc2N2CCN(c3ccccn3)CC12. The molecule has 0 aliphatic carbocycles. The number of rotatable bonds is 4. The molecule has 1 N–H and O–H groups in total. The number of carbonyl (C=O) groups excluding carboxylic acids is 1. The van der Waals surface area contributed by atoms with Crippen LogP contribution in [0.25, 0.3) is 0 Å². The van der Waals surface area contributed by atoms with Crippen molar-refractivity contribution in [3.05, 3.63) is 53.7 Å². The van der Waals surface area contributed by atoms with E-state index in [0.29, 0.717) is 44.1 Å². The number of nitrogens with zero attached hydrogens (tertiary/aromatic N) is 3. The topological polar surface area (TPSA) is 48.5 Å². The lowest BCUT2D eigenvalue weighted by Gasteiger charge is -2.49. The predicted octanol–water partition coefficient (Wildman–Crippen LogP) is 3.74. The van der Waals surface area contributed by atoms with Crippen molar-refractivity contribution in [2.24, 2.45) is 11.8 Å². The van der Waals surface area contributed by atoms with Gasteiger partial charge in [0, 0.05) is 38.1 Å². The number of halogens is 3. The minimum absolute atomic E-state index is 0.102. The van der Waals surface area contributed by atoms with Crippen LogP contribution in [0, 0.1) is 11.8 Å². The number of alkyl halides is 3. The van der Waals surface area contributed by atoms with E-state index < -0.39 is 17.7 Å². The zero-order valence-electron chi connectivity index (χ0n) is 17.7. The van der Waals surface area contributed by atoms with Crippen molar-refractivity contribution in [2.45, 2.75) is 32.5 Å². The molecule has 0 spiro atoms. The van der Waals surface area contributed by atoms with E-state index >= 15 is 0 Å². The van der Waals surface area contributed by atoms with E-state index in [2.05, 4.69) is 20.1 Å². The summed E-state index contributed by atoms with van der Waals surface area (Å²) in [5.41, 5.74) is 0.715. The third-order valence-corrected chi connectivity index (χ3v) is 6.03. The molecule has 1 fully saturated rings. The first-order chi connectivity index (χ1) is 14.7. The summed E-state index contributed by atoms with van der Waals surface area (Å²) >= 11 is 0. The number of amides is 1. The maximum Gasteiger partial charge on any atom is 0.416 e. The van der Waals surface area contributed by atoms with Gasteiger partial charge in [-0.3, -0.25) is 4.79 Å². The summed E-state index contributed by atoms with van der Waals surface area (Å²) in [6.07, 6.45) is -2.37. The monoisotopic (exact) mass is 432 g/mol. The molecule has 1 aromatic heterocycles. The molecule has 2 atom stereocenters. The number of nitrogens with one attached hydrogen (secondary N) is 1. The summed E-state index contributed by atoms with van der Waals surface area (Å²) in [6.45, 7) is 6.48. The van der Waals surface area contributed by atoms with Crippen LogP contribution in [0.3, 0.4) is 0 Å². The lowest BCUT2D eigenvalue weighted by atomic mass is 9.82. The zero-order chi connectivity index (χ0) is 22.2. The van der Waals surface area contributed by atoms with E-state index in [9.17, 15) is 18.0 Å². The lowest BCUT2D eigenvalue weighted by Crippen LogP contribution is -2.61. The van der Waals surface area contributed by atoms with Crippen LogP contribution < -0.4 is 15.1 Å². The van der Waals surface area contributed by atoms with Crippen molar-refractivity contribution in [1.29, 1.82) is 0 Å². The molecule has 2 aliphatic rings. The maximum atomic E-state index is 13.3. The molecule has 0 radical (unpaired) electrons. The van der Waals surface area contributed by atoms with Crippen molar-refractivity contribution < 1.29 is 18.0 Å². The molecule has 2 aromatic rings. The van der Waals surface area contributed by atoms with Gasteiger partial charge < -0.3 is 15.1 Å². The number of anilines is 2. The summed E-state index contributed by atoms with van der Waals surface area (Å²) in [5.74, 6) is 0.613. The van der Waals surface area contributed by atoms with Crippen molar-refractivity contribution in [3.8, 4) is 0 Å². The Labute approximate surface area is 180 Å². The molecular weight excluding hydrogens is 405 g/mol. The normalized spacial score (nSPS) is 21.0. The Morgan fingerprint density at radius 1 is 1.23 bits per heavy atom. The standard InChI is InChI=1S/C23H27F3N4O/c1-15(2)13-28-22(31)18-12-16-11-17(23(24,25)26)6-7-19(16)30-10-9-29(14-20(18)30)21-5-3-4-8-27-21/h3-8,11,15,18,20H,9-10,12-14H2,1-2H3,(H,28,31). The summed E-state index contributed by atoms with van der Waals surface area (Å²) < 4.78 is 39.9. The number of carbonyl (C=O) groups is 1. The highest BCUT2D eigenvalue weighted by Crippen LogP contribution is 2.40. The lowest BCUT2D eigenvalue weighted by molar-refractivity contribution is -0.137. The number of hydrogen-bond acceptors (Lipinski definition) is 4. The smallest absolute Gasteiger partial charge is 0.364 e. The number of pyridine rings is 1. The van der Waals surface area contributed by atoms with Crippen LogP contribution in [-0.4, -0.2) is 43.1 Å². The highest BCUT2D eigenvalue weighted by Gasteiger charge is 2.43. The molecule has 5 nitrogen and oxygen atoms in total. The average molecular weight is 432 g/mol. The third-order valence-electron chi connectivity index (χ3n) is 6.03. The molecule has 166 valence electrons. The molecule has 1 aromatic carbocycles. The quantitative estimate of drug-likeness (QED) is 0.800. The van der Waals surface area contributed by atoms with E-state index in [1.54, 1.807) is 12.3 Å². The fourth-order valence-electron chi connectivity index (χ4n) is 4.48. The van der Waals surface area contributed by atoms with Crippen molar-refractivity contribution in [2.75, 3.05) is 36.0 Å². The largest absolute Gasteiger partial charge is 0.416 e. The van der Waals surface area contributed by atoms with Gasteiger partial charge in [-0.15, -0.1) is 0 Å². The second-order valence-electron chi connectivity index (χ2n) is 8.69. The first kappa shape index (κ1) is 21.5. The van der Waals surface area contributed by atoms with Gasteiger partial charge in [-0.25, -0.2) is 4.98 Å². The Kier molecular flexibility index (Phi) is 5.81. The highest BCUT2D eigenvalue weighted by molar-refractivity contribution is 5.82. The van der Waals surface area contributed by atoms with Gasteiger partial charge in [0.05, 0.1) is 17.5 Å². The number of piperazine rings is 1. The van der Waals surface area contributed by atoms with E-state index in [1.165, 1.54) is 6.07 Å². The summed E-state index contributed by atoms with van der Waals surface area (Å²) in [5, 5.41) is 2.99. The Morgan fingerprint density at radius 2 is 2.03 bits per heavy atom. The van der Waals surface area contributed by atoms with Crippen LogP contribution in [0.5, 0.6) is 0 Å². The zero-order valence-corrected chi connectivity index (χ0v) is 17.7. The van der Waals surface area contributed by atoms with Gasteiger partial charge in [-0.2, -0.15) is 13.2 Å². The molecule has 1 saturated heterocycles. The summed E-state index contributed by atoms with van der Waals surface area (Å²) in [6, 6.07) is 9.50. The second-order valence-corrected chi connectivity index (χ2v) is 8.69. The minimum atomic E-state index is -4.40. The Morgan fingerprint density at radius 3 is 2.71 bits per heavy atom. The Bertz CT molecular complexity index is 932. The Balaban J connectivity index is 1.66. The van der Waals surface area contributed by atoms with Crippen LogP contribution in [-0.2, 0) is 17.4 Å². The molecule has 8 heteroatoms. The molecule has 0 bridgehead atoms. The van der Waals surface area contributed by atoms with Gasteiger partial charge in [-0.1, -0.05) is 19.9 Å². The van der Waals surface area contributed by atoms with Crippen LogP contribution in [0.15, 0.2) is 42.6 Å². The molecule has 1 amide bonds. The van der Waals surface area contributed by atoms with E-state index in [1.807, 2.05) is 32.0 Å². The van der Waals surface area contributed by atoms with Crippen LogP contribution in [0.2, 0.25) is 0 Å². The molecule has 2 unspecified atom stereocenters. The van der Waals surface area contributed by atoms with Gasteiger partial charge >= 0.3 is 6.18 Å². The van der Waals surface area contributed by atoms with Gasteiger partial charge in [0.1, 0.15) is 5.82 Å². The molecule has 0 saturated carbocycles. The van der Waals surface area contributed by atoms with Gasteiger partial charge in [0.25, 0.3) is 0 Å². The maximum absolute atomic E-state index is 13.3. The number of hydrogen-bond donors (Lipinski definition) is 1. The highest BCUT2D eigenvalue weighted by atomic mass is 19.4. The molecule has 31 heavy (non-hydrogen) atoms. The number of aromatic nitrogens is 1. The summed E-state index contributed by atoms with van der Waals surface area (Å²) in [4.78, 5) is 21.8. The Hall–Kier alpha value is -2.77. The van der Waals surface area contributed by atoms with Crippen molar-refractivity contribution >= 4 is 17.4 Å². The first-order valence-electron chi connectivity index (χ1n) is 10.6. The van der Waals surface area contributed by atoms with Crippen LogP contribution in [0.1, 0.15) is 25.0 Å². The number of benzene rings is 1. The van der Waals surface area contributed by atoms with Crippen molar-refractivity contribution in [3.63, 3.8) is 0 Å². The summed E-state index contributed by atoms with van der Waals surface area (Å²) in [7, 11) is 0. The average Bonchev–Trinajstić information content (AvgIpc) is 2.76. The fraction of sp³-hybridized carbons (Fsp3) is 0.478. The molecule has 3 heterocycles. The first-order valence-corrected chi connectivity index (χ1v) is 10.6. The van der Waals surface area contributed by atoms with Gasteiger partial charge in [0.2, 0.25) is 5.91 Å². The fourth-order valence-corrected chi connectivity index (χ4v) is 4.48.